The fourth-order valence-electron chi connectivity index (χ4n) is 2.26. The standard InChI is InChI=1S/C13H18ClNS/c1-10-4-2-6-12(8-10)16-9-11-5-3-7-15-13(11)14/h3,5,7,10,12H,2,4,6,8-9H2,1H3. The van der Waals surface area contributed by atoms with Gasteiger partial charge in [0.1, 0.15) is 5.15 Å². The van der Waals surface area contributed by atoms with Gasteiger partial charge in [-0.3, -0.25) is 0 Å². The van der Waals surface area contributed by atoms with E-state index in [-0.39, 0.29) is 0 Å². The van der Waals surface area contributed by atoms with Crippen LogP contribution in [-0.2, 0) is 5.75 Å². The molecule has 0 spiro atoms. The highest BCUT2D eigenvalue weighted by atomic mass is 35.5. The Morgan fingerprint density at radius 2 is 2.38 bits per heavy atom. The number of hydrogen-bond donors (Lipinski definition) is 0. The fraction of sp³-hybridized carbons (Fsp3) is 0.615. The summed E-state index contributed by atoms with van der Waals surface area (Å²) in [5.74, 6) is 1.90. The minimum absolute atomic E-state index is 0.666. The van der Waals surface area contributed by atoms with E-state index in [1.807, 2.05) is 17.8 Å². The topological polar surface area (TPSA) is 12.9 Å². The first-order valence-electron chi connectivity index (χ1n) is 5.96. The van der Waals surface area contributed by atoms with Crippen LogP contribution in [0.1, 0.15) is 38.2 Å². The van der Waals surface area contributed by atoms with Crippen LogP contribution in [0.5, 0.6) is 0 Å². The molecule has 0 amide bonds. The molecule has 1 nitrogen and oxygen atoms in total. The van der Waals surface area contributed by atoms with Gasteiger partial charge in [0.2, 0.25) is 0 Å². The SMILES string of the molecule is CC1CCCC(SCc2cccnc2Cl)C1. The summed E-state index contributed by atoms with van der Waals surface area (Å²) in [6.07, 6.45) is 7.28. The van der Waals surface area contributed by atoms with Crippen molar-refractivity contribution in [2.75, 3.05) is 0 Å². The summed E-state index contributed by atoms with van der Waals surface area (Å²) in [4.78, 5) is 4.11. The number of thioether (sulfide) groups is 1. The first-order valence-corrected chi connectivity index (χ1v) is 7.39. The average Bonchev–Trinajstić information content (AvgIpc) is 2.28. The first kappa shape index (κ1) is 12.3. The van der Waals surface area contributed by atoms with E-state index in [9.17, 15) is 0 Å². The highest BCUT2D eigenvalue weighted by Gasteiger charge is 2.19. The quantitative estimate of drug-likeness (QED) is 0.735. The summed E-state index contributed by atoms with van der Waals surface area (Å²) in [6, 6.07) is 4.04. The molecular weight excluding hydrogens is 238 g/mol. The van der Waals surface area contributed by atoms with Gasteiger partial charge in [-0.15, -0.1) is 0 Å². The minimum Gasteiger partial charge on any atom is -0.244 e. The van der Waals surface area contributed by atoms with E-state index in [4.69, 9.17) is 11.6 Å². The van der Waals surface area contributed by atoms with E-state index in [1.165, 1.54) is 31.2 Å². The molecule has 1 aromatic rings. The van der Waals surface area contributed by atoms with Crippen LogP contribution in [0.4, 0.5) is 0 Å². The Hall–Kier alpha value is -0.210. The van der Waals surface area contributed by atoms with Crippen molar-refractivity contribution in [1.82, 2.24) is 4.98 Å². The lowest BCUT2D eigenvalue weighted by Crippen LogP contribution is -2.15. The van der Waals surface area contributed by atoms with Crippen molar-refractivity contribution in [3.05, 3.63) is 29.0 Å². The van der Waals surface area contributed by atoms with Crippen molar-refractivity contribution in [3.63, 3.8) is 0 Å². The fourth-order valence-corrected chi connectivity index (χ4v) is 3.98. The Bertz CT molecular complexity index is 342. The lowest BCUT2D eigenvalue weighted by atomic mass is 9.91. The molecule has 16 heavy (non-hydrogen) atoms. The normalized spacial score (nSPS) is 25.6. The molecule has 3 heteroatoms. The van der Waals surface area contributed by atoms with E-state index < -0.39 is 0 Å². The summed E-state index contributed by atoms with van der Waals surface area (Å²) in [7, 11) is 0. The van der Waals surface area contributed by atoms with E-state index in [2.05, 4.69) is 18.0 Å². The van der Waals surface area contributed by atoms with Crippen LogP contribution >= 0.6 is 23.4 Å². The van der Waals surface area contributed by atoms with Crippen molar-refractivity contribution in [2.45, 2.75) is 43.6 Å². The summed E-state index contributed by atoms with van der Waals surface area (Å²) >= 11 is 8.09. The molecule has 0 bridgehead atoms. The Kier molecular flexibility index (Phi) is 4.54. The van der Waals surface area contributed by atoms with Gasteiger partial charge < -0.3 is 0 Å². The number of aromatic nitrogens is 1. The Balaban J connectivity index is 1.85. The highest BCUT2D eigenvalue weighted by Crippen LogP contribution is 2.34. The molecule has 1 fully saturated rings. The van der Waals surface area contributed by atoms with Crippen molar-refractivity contribution in [3.8, 4) is 0 Å². The van der Waals surface area contributed by atoms with Crippen molar-refractivity contribution in [1.29, 1.82) is 0 Å². The molecule has 0 aromatic carbocycles. The maximum atomic E-state index is 6.05. The molecule has 0 N–H and O–H groups in total. The summed E-state index contributed by atoms with van der Waals surface area (Å²) in [5.41, 5.74) is 1.17. The van der Waals surface area contributed by atoms with E-state index in [0.29, 0.717) is 5.15 Å². The highest BCUT2D eigenvalue weighted by molar-refractivity contribution is 7.99. The minimum atomic E-state index is 0.666. The van der Waals surface area contributed by atoms with Crippen molar-refractivity contribution >= 4 is 23.4 Å². The van der Waals surface area contributed by atoms with Gasteiger partial charge in [-0.25, -0.2) is 4.98 Å². The monoisotopic (exact) mass is 255 g/mol. The first-order chi connectivity index (χ1) is 7.75. The van der Waals surface area contributed by atoms with E-state index in [1.54, 1.807) is 6.20 Å². The van der Waals surface area contributed by atoms with Gasteiger partial charge in [-0.1, -0.05) is 37.4 Å². The zero-order valence-electron chi connectivity index (χ0n) is 9.66. The molecule has 1 aliphatic rings. The molecule has 0 saturated heterocycles. The van der Waals surface area contributed by atoms with Crippen LogP contribution in [0.3, 0.4) is 0 Å². The molecule has 2 unspecified atom stereocenters. The summed E-state index contributed by atoms with van der Waals surface area (Å²) in [5, 5.41) is 1.49. The maximum absolute atomic E-state index is 6.05. The largest absolute Gasteiger partial charge is 0.244 e. The third kappa shape index (κ3) is 3.39. The third-order valence-electron chi connectivity index (χ3n) is 3.20. The zero-order valence-corrected chi connectivity index (χ0v) is 11.2. The summed E-state index contributed by atoms with van der Waals surface area (Å²) in [6.45, 7) is 2.36. The third-order valence-corrected chi connectivity index (χ3v) is 4.92. The number of nitrogens with zero attached hydrogens (tertiary/aromatic N) is 1. The van der Waals surface area contributed by atoms with Gasteiger partial charge in [0.05, 0.1) is 0 Å². The molecule has 1 aliphatic carbocycles. The number of halogens is 1. The average molecular weight is 256 g/mol. The number of hydrogen-bond acceptors (Lipinski definition) is 2. The van der Waals surface area contributed by atoms with Crippen LogP contribution in [0.2, 0.25) is 5.15 Å². The molecule has 0 radical (unpaired) electrons. The maximum Gasteiger partial charge on any atom is 0.133 e. The molecule has 2 atom stereocenters. The van der Waals surface area contributed by atoms with Crippen LogP contribution < -0.4 is 0 Å². The molecular formula is C13H18ClNS. The van der Waals surface area contributed by atoms with Crippen LogP contribution in [0.25, 0.3) is 0 Å². The predicted molar refractivity (Wildman–Crippen MR) is 72.0 cm³/mol. The van der Waals surface area contributed by atoms with Gasteiger partial charge in [0, 0.05) is 17.2 Å². The predicted octanol–water partition coefficient (Wildman–Crippen LogP) is 4.55. The second-order valence-corrected chi connectivity index (χ2v) is 6.30. The summed E-state index contributed by atoms with van der Waals surface area (Å²) < 4.78 is 0. The Morgan fingerprint density at radius 1 is 1.50 bits per heavy atom. The van der Waals surface area contributed by atoms with Gasteiger partial charge in [0.25, 0.3) is 0 Å². The Labute approximate surface area is 107 Å². The van der Waals surface area contributed by atoms with Gasteiger partial charge in [-0.2, -0.15) is 11.8 Å². The van der Waals surface area contributed by atoms with Gasteiger partial charge in [0.15, 0.2) is 0 Å². The van der Waals surface area contributed by atoms with Crippen molar-refractivity contribution in [2.24, 2.45) is 5.92 Å². The Morgan fingerprint density at radius 3 is 3.12 bits per heavy atom. The number of rotatable bonds is 3. The molecule has 1 aromatic heterocycles. The second-order valence-electron chi connectivity index (χ2n) is 4.66. The molecule has 1 heterocycles. The van der Waals surface area contributed by atoms with Crippen LogP contribution in [-0.4, -0.2) is 10.2 Å². The van der Waals surface area contributed by atoms with Crippen LogP contribution in [0.15, 0.2) is 18.3 Å². The molecule has 88 valence electrons. The molecule has 1 saturated carbocycles. The smallest absolute Gasteiger partial charge is 0.133 e. The van der Waals surface area contributed by atoms with E-state index in [0.717, 1.165) is 16.9 Å². The lowest BCUT2D eigenvalue weighted by molar-refractivity contribution is 0.394. The molecule has 0 aliphatic heterocycles. The van der Waals surface area contributed by atoms with Crippen molar-refractivity contribution < 1.29 is 0 Å². The van der Waals surface area contributed by atoms with Gasteiger partial charge >= 0.3 is 0 Å². The number of pyridine rings is 1. The van der Waals surface area contributed by atoms with E-state index >= 15 is 0 Å². The lowest BCUT2D eigenvalue weighted by Gasteiger charge is -2.26. The zero-order chi connectivity index (χ0) is 11.4. The van der Waals surface area contributed by atoms with Gasteiger partial charge in [-0.05, 0) is 30.4 Å². The van der Waals surface area contributed by atoms with Crippen LogP contribution in [0, 0.1) is 5.92 Å². The molecule has 2 rings (SSSR count). The second kappa shape index (κ2) is 5.92.